The van der Waals surface area contributed by atoms with Gasteiger partial charge in [-0.1, -0.05) is 135 Å². The lowest BCUT2D eigenvalue weighted by atomic mass is 9.82. The fourth-order valence-corrected chi connectivity index (χ4v) is 8.22. The highest BCUT2D eigenvalue weighted by atomic mass is 16.3. The maximum atomic E-state index is 6.14. The van der Waals surface area contributed by atoms with Crippen LogP contribution in [-0.4, -0.2) is 4.98 Å². The van der Waals surface area contributed by atoms with Gasteiger partial charge < -0.3 is 9.32 Å². The average molecular weight is 681 g/mol. The monoisotopic (exact) mass is 680 g/mol. The molecule has 3 heteroatoms. The van der Waals surface area contributed by atoms with Gasteiger partial charge in [0.1, 0.15) is 5.52 Å². The minimum Gasteiger partial charge on any atom is -0.436 e. The molecule has 0 saturated carbocycles. The molecule has 1 heterocycles. The van der Waals surface area contributed by atoms with Crippen molar-refractivity contribution >= 4 is 38.9 Å². The normalized spacial score (nSPS) is 12.9. The summed E-state index contributed by atoms with van der Waals surface area (Å²) in [5, 5.41) is 2.22. The number of fused-ring (bicyclic) bond motifs is 6. The summed E-state index contributed by atoms with van der Waals surface area (Å²) >= 11 is 0. The summed E-state index contributed by atoms with van der Waals surface area (Å²) in [6.07, 6.45) is 0. The molecular weight excluding hydrogens is 645 g/mol. The molecule has 3 nitrogen and oxygen atoms in total. The zero-order chi connectivity index (χ0) is 35.5. The van der Waals surface area contributed by atoms with Crippen LogP contribution in [0.15, 0.2) is 186 Å². The van der Waals surface area contributed by atoms with Gasteiger partial charge in [-0.2, -0.15) is 0 Å². The minimum atomic E-state index is -0.0267. The molecule has 0 amide bonds. The molecule has 252 valence electrons. The lowest BCUT2D eigenvalue weighted by Crippen LogP contribution is -2.14. The van der Waals surface area contributed by atoms with E-state index in [0.29, 0.717) is 5.89 Å². The van der Waals surface area contributed by atoms with Gasteiger partial charge in [-0.25, -0.2) is 4.98 Å². The smallest absolute Gasteiger partial charge is 0.227 e. The van der Waals surface area contributed by atoms with Crippen molar-refractivity contribution in [3.8, 4) is 44.8 Å². The molecule has 1 aliphatic carbocycles. The fourth-order valence-electron chi connectivity index (χ4n) is 8.22. The third-order valence-corrected chi connectivity index (χ3v) is 10.9. The molecule has 53 heavy (non-hydrogen) atoms. The van der Waals surface area contributed by atoms with Crippen molar-refractivity contribution < 1.29 is 4.42 Å². The Labute approximate surface area is 309 Å². The van der Waals surface area contributed by atoms with Crippen molar-refractivity contribution in [2.75, 3.05) is 4.90 Å². The Morgan fingerprint density at radius 3 is 1.83 bits per heavy atom. The van der Waals surface area contributed by atoms with Crippen LogP contribution in [-0.2, 0) is 5.41 Å². The highest BCUT2D eigenvalue weighted by molar-refractivity contribution is 6.05. The van der Waals surface area contributed by atoms with Gasteiger partial charge in [0.15, 0.2) is 5.58 Å². The SMILES string of the molecule is CC1(C)c2ccccc2-c2c(-c3ccc(N(c4ccccc4)c4ccc(-c5ccc6c(ccc7oc(-c8ccccc8)nc76)c5)cc4)cc3)cccc21. The molecule has 9 aromatic rings. The molecule has 0 N–H and O–H groups in total. The molecule has 0 fully saturated rings. The van der Waals surface area contributed by atoms with Crippen LogP contribution in [0.2, 0.25) is 0 Å². The van der Waals surface area contributed by atoms with Gasteiger partial charge in [-0.05, 0) is 111 Å². The van der Waals surface area contributed by atoms with Crippen LogP contribution in [0, 0.1) is 0 Å². The quantitative estimate of drug-likeness (QED) is 0.175. The van der Waals surface area contributed by atoms with Crippen molar-refractivity contribution in [1.82, 2.24) is 4.98 Å². The van der Waals surface area contributed by atoms with E-state index in [9.17, 15) is 0 Å². The van der Waals surface area contributed by atoms with E-state index in [1.54, 1.807) is 0 Å². The van der Waals surface area contributed by atoms with Crippen LogP contribution in [0.25, 0.3) is 66.7 Å². The van der Waals surface area contributed by atoms with E-state index in [2.05, 4.69) is 164 Å². The predicted molar refractivity (Wildman–Crippen MR) is 220 cm³/mol. The molecule has 0 unspecified atom stereocenters. The first-order valence-electron chi connectivity index (χ1n) is 18.2. The van der Waals surface area contributed by atoms with E-state index in [1.165, 1.54) is 33.4 Å². The van der Waals surface area contributed by atoms with Crippen LogP contribution < -0.4 is 4.90 Å². The number of anilines is 3. The van der Waals surface area contributed by atoms with Crippen LogP contribution in [0.5, 0.6) is 0 Å². The first-order chi connectivity index (χ1) is 26.0. The number of oxazole rings is 1. The van der Waals surface area contributed by atoms with Crippen molar-refractivity contribution in [3.63, 3.8) is 0 Å². The van der Waals surface area contributed by atoms with Gasteiger partial charge in [0.2, 0.25) is 5.89 Å². The Bertz CT molecular complexity index is 2780. The van der Waals surface area contributed by atoms with E-state index in [1.807, 2.05) is 36.4 Å². The standard InChI is InChI=1S/C50H36N2O/c1-50(2)44-18-10-9-16-43(44)47-41(17-11-19-45(47)50)34-22-28-40(29-23-34)52(38-14-7-4-8-15-38)39-26-20-33(21-27-39)36-24-30-42-37(32-36)25-31-46-48(42)51-49(53-46)35-12-5-3-6-13-35/h3-32H,1-2H3. The molecule has 0 radical (unpaired) electrons. The Morgan fingerprint density at radius 2 is 1.08 bits per heavy atom. The van der Waals surface area contributed by atoms with Gasteiger partial charge in [0, 0.05) is 33.4 Å². The van der Waals surface area contributed by atoms with E-state index in [0.717, 1.165) is 55.6 Å². The number of aromatic nitrogens is 1. The Morgan fingerprint density at radius 1 is 0.472 bits per heavy atom. The molecule has 8 aromatic carbocycles. The minimum absolute atomic E-state index is 0.0267. The van der Waals surface area contributed by atoms with E-state index in [4.69, 9.17) is 9.40 Å². The number of hydrogen-bond acceptors (Lipinski definition) is 3. The molecule has 10 rings (SSSR count). The summed E-state index contributed by atoms with van der Waals surface area (Å²) < 4.78 is 6.14. The van der Waals surface area contributed by atoms with Crippen molar-refractivity contribution in [2.24, 2.45) is 0 Å². The first kappa shape index (κ1) is 31.1. The molecular formula is C50H36N2O. The average Bonchev–Trinajstić information content (AvgIpc) is 3.76. The van der Waals surface area contributed by atoms with Gasteiger partial charge in [-0.3, -0.25) is 0 Å². The van der Waals surface area contributed by atoms with Crippen LogP contribution in [0.1, 0.15) is 25.0 Å². The first-order valence-corrected chi connectivity index (χ1v) is 18.2. The van der Waals surface area contributed by atoms with E-state index in [-0.39, 0.29) is 5.41 Å². The summed E-state index contributed by atoms with van der Waals surface area (Å²) in [6, 6.07) is 65.0. The lowest BCUT2D eigenvalue weighted by Gasteiger charge is -2.26. The molecule has 0 saturated heterocycles. The van der Waals surface area contributed by atoms with Gasteiger partial charge in [0.25, 0.3) is 0 Å². The van der Waals surface area contributed by atoms with Crippen LogP contribution in [0.4, 0.5) is 17.1 Å². The summed E-state index contributed by atoms with van der Waals surface area (Å²) in [6.45, 7) is 4.68. The van der Waals surface area contributed by atoms with E-state index >= 15 is 0 Å². The lowest BCUT2D eigenvalue weighted by molar-refractivity contribution is 0.620. The third-order valence-electron chi connectivity index (χ3n) is 10.9. The van der Waals surface area contributed by atoms with Gasteiger partial charge in [-0.15, -0.1) is 0 Å². The summed E-state index contributed by atoms with van der Waals surface area (Å²) in [7, 11) is 0. The van der Waals surface area contributed by atoms with Crippen molar-refractivity contribution in [2.45, 2.75) is 19.3 Å². The summed E-state index contributed by atoms with van der Waals surface area (Å²) in [5.41, 5.74) is 16.2. The topological polar surface area (TPSA) is 29.3 Å². The number of nitrogens with zero attached hydrogens (tertiary/aromatic N) is 2. The molecule has 1 aromatic heterocycles. The second kappa shape index (κ2) is 12.2. The predicted octanol–water partition coefficient (Wildman–Crippen LogP) is 13.8. The highest BCUT2D eigenvalue weighted by Gasteiger charge is 2.36. The van der Waals surface area contributed by atoms with Crippen molar-refractivity contribution in [3.05, 3.63) is 193 Å². The third kappa shape index (κ3) is 5.16. The summed E-state index contributed by atoms with van der Waals surface area (Å²) in [4.78, 5) is 7.21. The molecule has 1 aliphatic rings. The Hall–Kier alpha value is -6.71. The Kier molecular flexibility index (Phi) is 7.16. The number of rotatable bonds is 6. The zero-order valence-electron chi connectivity index (χ0n) is 29.6. The zero-order valence-corrected chi connectivity index (χ0v) is 29.6. The highest BCUT2D eigenvalue weighted by Crippen LogP contribution is 2.52. The van der Waals surface area contributed by atoms with Crippen molar-refractivity contribution in [1.29, 1.82) is 0 Å². The second-order valence-electron chi connectivity index (χ2n) is 14.4. The summed E-state index contributed by atoms with van der Waals surface area (Å²) in [5.74, 6) is 0.642. The van der Waals surface area contributed by atoms with E-state index < -0.39 is 0 Å². The maximum absolute atomic E-state index is 6.14. The molecule has 0 spiro atoms. The Balaban J connectivity index is 0.985. The molecule has 0 aliphatic heterocycles. The largest absolute Gasteiger partial charge is 0.436 e. The number of para-hydroxylation sites is 1. The van der Waals surface area contributed by atoms with Gasteiger partial charge in [0.05, 0.1) is 0 Å². The van der Waals surface area contributed by atoms with Gasteiger partial charge >= 0.3 is 0 Å². The van der Waals surface area contributed by atoms with Crippen LogP contribution >= 0.6 is 0 Å². The maximum Gasteiger partial charge on any atom is 0.227 e. The number of benzene rings is 8. The fraction of sp³-hybridized carbons (Fsp3) is 0.0600. The number of hydrogen-bond donors (Lipinski definition) is 0. The second-order valence-corrected chi connectivity index (χ2v) is 14.4. The molecule has 0 atom stereocenters. The molecule has 0 bridgehead atoms. The van der Waals surface area contributed by atoms with Crippen LogP contribution in [0.3, 0.4) is 0 Å².